The number of carbonyl (C=O) groups excluding carboxylic acids is 3. The van der Waals surface area contributed by atoms with E-state index in [1.165, 1.54) is 11.3 Å². The fraction of sp³-hybridized carbons (Fsp3) is 0.462. The summed E-state index contributed by atoms with van der Waals surface area (Å²) in [6.07, 6.45) is 5.42. The van der Waals surface area contributed by atoms with Gasteiger partial charge in [-0.3, -0.25) is 19.3 Å². The number of carboxylic acid groups (broad SMARTS) is 1. The summed E-state index contributed by atoms with van der Waals surface area (Å²) in [5, 5.41) is 15.3. The summed E-state index contributed by atoms with van der Waals surface area (Å²) in [7, 11) is 0. The van der Waals surface area contributed by atoms with Crippen LogP contribution in [0.3, 0.4) is 0 Å². The molecule has 0 spiro atoms. The molecule has 2 aromatic rings. The number of rotatable bonds is 8. The van der Waals surface area contributed by atoms with Gasteiger partial charge in [-0.25, -0.2) is 4.79 Å². The summed E-state index contributed by atoms with van der Waals surface area (Å²) in [6, 6.07) is 6.87. The van der Waals surface area contributed by atoms with Crippen LogP contribution in [0.15, 0.2) is 30.3 Å². The van der Waals surface area contributed by atoms with Gasteiger partial charge in [0, 0.05) is 23.0 Å². The molecule has 1 saturated heterocycles. The molecule has 36 heavy (non-hydrogen) atoms. The summed E-state index contributed by atoms with van der Waals surface area (Å²) >= 11 is 0. The first kappa shape index (κ1) is 24.1. The first-order valence-corrected chi connectivity index (χ1v) is 12.4. The second-order valence-corrected chi connectivity index (χ2v) is 9.94. The molecular formula is C26H31N5O5. The van der Waals surface area contributed by atoms with E-state index in [0.717, 1.165) is 49.7 Å². The minimum Gasteiger partial charge on any atom is -0.480 e. The lowest BCUT2D eigenvalue weighted by atomic mass is 9.66. The molecule has 3 aliphatic heterocycles. The number of primary amides is 1. The maximum absolute atomic E-state index is 13.6. The van der Waals surface area contributed by atoms with Crippen LogP contribution < -0.4 is 16.4 Å². The number of hydrogen-bond acceptors (Lipinski definition) is 5. The van der Waals surface area contributed by atoms with Gasteiger partial charge in [-0.15, -0.1) is 0 Å². The molecule has 1 aromatic carbocycles. The maximum atomic E-state index is 13.6. The second-order valence-electron chi connectivity index (χ2n) is 9.94. The van der Waals surface area contributed by atoms with Crippen molar-refractivity contribution in [2.75, 3.05) is 19.6 Å². The summed E-state index contributed by atoms with van der Waals surface area (Å²) in [4.78, 5) is 51.0. The van der Waals surface area contributed by atoms with E-state index in [9.17, 15) is 24.3 Å². The molecule has 3 aliphatic rings. The molecule has 190 valence electrons. The quantitative estimate of drug-likeness (QED) is 0.434. The Morgan fingerprint density at radius 2 is 2.00 bits per heavy atom. The predicted octanol–water partition coefficient (Wildman–Crippen LogP) is 1.15. The molecule has 5 rings (SSSR count). The van der Waals surface area contributed by atoms with E-state index >= 15 is 0 Å². The van der Waals surface area contributed by atoms with Gasteiger partial charge in [-0.2, -0.15) is 0 Å². The number of carbonyl (C=O) groups is 4. The third-order valence-electron chi connectivity index (χ3n) is 7.93. The van der Waals surface area contributed by atoms with Gasteiger partial charge in [0.1, 0.15) is 11.7 Å². The van der Waals surface area contributed by atoms with Crippen LogP contribution >= 0.6 is 0 Å². The number of aliphatic carboxylic acids is 1. The third kappa shape index (κ3) is 3.85. The molecule has 1 fully saturated rings. The van der Waals surface area contributed by atoms with Gasteiger partial charge in [0.15, 0.2) is 0 Å². The summed E-state index contributed by atoms with van der Waals surface area (Å²) in [5.41, 5.74) is 8.83. The van der Waals surface area contributed by atoms with E-state index < -0.39 is 42.7 Å². The molecular weight excluding hydrogens is 462 g/mol. The molecule has 1 aromatic heterocycles. The van der Waals surface area contributed by atoms with Gasteiger partial charge in [0.2, 0.25) is 11.8 Å². The smallest absolute Gasteiger partial charge is 0.326 e. The number of benzene rings is 1. The highest BCUT2D eigenvalue weighted by atomic mass is 16.4. The van der Waals surface area contributed by atoms with Gasteiger partial charge in [-0.05, 0) is 49.9 Å². The van der Waals surface area contributed by atoms with Crippen molar-refractivity contribution in [2.45, 2.75) is 51.1 Å². The number of hydrogen-bond donors (Lipinski definition) is 4. The van der Waals surface area contributed by atoms with Crippen molar-refractivity contribution in [3.8, 4) is 0 Å². The average Bonchev–Trinajstić information content (AvgIpc) is 3.20. The average molecular weight is 494 g/mol. The number of aromatic nitrogens is 1. The van der Waals surface area contributed by atoms with E-state index in [1.807, 2.05) is 18.2 Å². The Kier molecular flexibility index (Phi) is 6.07. The normalized spacial score (nSPS) is 23.4. The Bertz CT molecular complexity index is 1300. The molecule has 0 bridgehead atoms. The fourth-order valence-electron chi connectivity index (χ4n) is 6.34. The zero-order valence-corrected chi connectivity index (χ0v) is 20.3. The highest BCUT2D eigenvalue weighted by Crippen LogP contribution is 2.56. The van der Waals surface area contributed by atoms with Crippen LogP contribution in [-0.2, 0) is 25.6 Å². The molecule has 4 heterocycles. The lowest BCUT2D eigenvalue weighted by molar-refractivity contribution is -0.143. The molecule has 10 heteroatoms. The molecule has 0 unspecified atom stereocenters. The minimum absolute atomic E-state index is 0.178. The Morgan fingerprint density at radius 1 is 1.22 bits per heavy atom. The predicted molar refractivity (Wildman–Crippen MR) is 133 cm³/mol. The van der Waals surface area contributed by atoms with Gasteiger partial charge in [0.05, 0.1) is 24.5 Å². The monoisotopic (exact) mass is 493 g/mol. The van der Waals surface area contributed by atoms with E-state index in [4.69, 9.17) is 5.73 Å². The van der Waals surface area contributed by atoms with Gasteiger partial charge >= 0.3 is 5.97 Å². The van der Waals surface area contributed by atoms with Crippen molar-refractivity contribution >= 4 is 40.3 Å². The van der Waals surface area contributed by atoms with E-state index in [2.05, 4.69) is 39.2 Å². The van der Waals surface area contributed by atoms with Crippen molar-refractivity contribution in [1.29, 1.82) is 0 Å². The number of para-hydroxylation sites is 1. The standard InChI is InChI=1S/C26H31N5O5/c1-2-26-9-5-10-30-11-8-16-15-6-3-4-7-18(15)31(22(16)23(26)30)19(13-26)24(34)28-14-21(33)29-17(25(35)36)12-20(27)32/h3-4,6-7,13,17,23H,2,5,8-12,14H2,1H3,(H2,27,32)(H,28,34)(H,29,33)(H,35,36)/t17-,23+,26-/m0/s1. The third-order valence-corrected chi connectivity index (χ3v) is 7.93. The van der Waals surface area contributed by atoms with Crippen LogP contribution in [0.4, 0.5) is 0 Å². The number of nitrogens with zero attached hydrogens (tertiary/aromatic N) is 2. The molecule has 5 N–H and O–H groups in total. The topological polar surface area (TPSA) is 147 Å². The van der Waals surface area contributed by atoms with Crippen LogP contribution in [0.1, 0.15) is 49.9 Å². The van der Waals surface area contributed by atoms with Crippen LogP contribution in [0, 0.1) is 5.41 Å². The fourth-order valence-corrected chi connectivity index (χ4v) is 6.34. The largest absolute Gasteiger partial charge is 0.480 e. The molecule has 3 atom stereocenters. The maximum Gasteiger partial charge on any atom is 0.326 e. The Labute approximate surface area is 208 Å². The number of amides is 3. The van der Waals surface area contributed by atoms with Crippen molar-refractivity contribution in [3.05, 3.63) is 41.6 Å². The van der Waals surface area contributed by atoms with E-state index in [0.29, 0.717) is 5.70 Å². The van der Waals surface area contributed by atoms with Crippen LogP contribution in [-0.4, -0.2) is 63.9 Å². The van der Waals surface area contributed by atoms with Gasteiger partial charge in [0.25, 0.3) is 5.91 Å². The Balaban J connectivity index is 1.47. The molecule has 0 aliphatic carbocycles. The number of nitrogens with one attached hydrogen (secondary N) is 2. The summed E-state index contributed by atoms with van der Waals surface area (Å²) in [5.74, 6) is -3.32. The number of carboxylic acids is 1. The van der Waals surface area contributed by atoms with Gasteiger partial charge < -0.3 is 26.0 Å². The first-order valence-electron chi connectivity index (χ1n) is 12.4. The van der Waals surface area contributed by atoms with Crippen molar-refractivity contribution in [3.63, 3.8) is 0 Å². The Morgan fingerprint density at radius 3 is 2.72 bits per heavy atom. The minimum atomic E-state index is -1.45. The first-order chi connectivity index (χ1) is 17.3. The molecule has 3 amide bonds. The van der Waals surface area contributed by atoms with E-state index in [1.54, 1.807) is 0 Å². The van der Waals surface area contributed by atoms with Gasteiger partial charge in [-0.1, -0.05) is 25.1 Å². The number of piperidine rings is 1. The van der Waals surface area contributed by atoms with Crippen LogP contribution in [0.25, 0.3) is 16.6 Å². The van der Waals surface area contributed by atoms with Crippen molar-refractivity contribution in [2.24, 2.45) is 11.1 Å². The molecule has 10 nitrogen and oxygen atoms in total. The Hall–Kier alpha value is -3.66. The van der Waals surface area contributed by atoms with Crippen molar-refractivity contribution < 1.29 is 24.3 Å². The van der Waals surface area contributed by atoms with Crippen LogP contribution in [0.2, 0.25) is 0 Å². The summed E-state index contributed by atoms with van der Waals surface area (Å²) in [6.45, 7) is 3.78. The zero-order chi connectivity index (χ0) is 25.6. The molecule has 0 saturated carbocycles. The lowest BCUT2D eigenvalue weighted by Gasteiger charge is -2.53. The molecule has 0 radical (unpaired) electrons. The SMILES string of the molecule is CC[C@@]12C=C(C(=O)NCC(=O)N[C@@H](CC(N)=O)C(=O)O)n3c4c(c5ccccc53)CCN(CCC1)[C@H]42. The number of fused-ring (bicyclic) bond motifs is 3. The number of nitrogens with two attached hydrogens (primary N) is 1. The van der Waals surface area contributed by atoms with Crippen molar-refractivity contribution in [1.82, 2.24) is 20.1 Å². The highest BCUT2D eigenvalue weighted by molar-refractivity contribution is 6.17. The van der Waals surface area contributed by atoms with Crippen LogP contribution in [0.5, 0.6) is 0 Å². The zero-order valence-electron chi connectivity index (χ0n) is 20.3. The second kappa shape index (κ2) is 9.09. The lowest BCUT2D eigenvalue weighted by Crippen LogP contribution is -2.51. The summed E-state index contributed by atoms with van der Waals surface area (Å²) < 4.78 is 2.06. The highest BCUT2D eigenvalue weighted by Gasteiger charge is 2.51. The van der Waals surface area contributed by atoms with E-state index in [-0.39, 0.29) is 11.5 Å².